The number of aromatic nitrogens is 1. The molecule has 1 amide bonds. The van der Waals surface area contributed by atoms with Crippen LogP contribution in [-0.4, -0.2) is 34.9 Å². The van der Waals surface area contributed by atoms with E-state index in [-0.39, 0.29) is 12.3 Å². The fraction of sp³-hybridized carbons (Fsp3) is 0.286. The normalized spacial score (nSPS) is 11.8. The molecule has 0 aliphatic rings. The second-order valence-electron chi connectivity index (χ2n) is 6.49. The molecular weight excluding hydrogens is 376 g/mol. The molecule has 0 saturated heterocycles. The van der Waals surface area contributed by atoms with E-state index in [0.717, 1.165) is 10.4 Å². The molecule has 0 N–H and O–H groups in total. The third kappa shape index (κ3) is 4.86. The second kappa shape index (κ2) is 8.84. The number of amides is 1. The topological polar surface area (TPSA) is 72.6 Å². The molecule has 0 spiro atoms. The van der Waals surface area contributed by atoms with E-state index < -0.39 is 12.1 Å². The number of carbonyl (C=O) groups excluding carboxylic acids is 2. The van der Waals surface area contributed by atoms with Crippen LogP contribution in [0.3, 0.4) is 0 Å². The SMILES string of the molecule is Cc1oc(-c2cccs2)nc1CC(=O)OC(C)C(=O)N(C)Cc1ccccc1. The zero-order valence-electron chi connectivity index (χ0n) is 16.0. The Balaban J connectivity index is 1.56. The molecule has 146 valence electrons. The number of hydrogen-bond donors (Lipinski definition) is 0. The van der Waals surface area contributed by atoms with Gasteiger partial charge in [0.2, 0.25) is 5.89 Å². The van der Waals surface area contributed by atoms with Crippen LogP contribution in [0.5, 0.6) is 0 Å². The largest absolute Gasteiger partial charge is 0.452 e. The van der Waals surface area contributed by atoms with Crippen LogP contribution in [0, 0.1) is 6.92 Å². The summed E-state index contributed by atoms with van der Waals surface area (Å²) in [5.74, 6) is 0.291. The van der Waals surface area contributed by atoms with Crippen LogP contribution in [0.15, 0.2) is 52.3 Å². The lowest BCUT2D eigenvalue weighted by Gasteiger charge is -2.21. The predicted molar refractivity (Wildman–Crippen MR) is 107 cm³/mol. The van der Waals surface area contributed by atoms with Gasteiger partial charge in [0, 0.05) is 13.6 Å². The minimum Gasteiger partial charge on any atom is -0.452 e. The van der Waals surface area contributed by atoms with Crippen LogP contribution < -0.4 is 0 Å². The second-order valence-corrected chi connectivity index (χ2v) is 7.44. The van der Waals surface area contributed by atoms with E-state index >= 15 is 0 Å². The number of rotatable bonds is 7. The molecule has 1 aromatic carbocycles. The fourth-order valence-corrected chi connectivity index (χ4v) is 3.42. The molecule has 0 aliphatic heterocycles. The summed E-state index contributed by atoms with van der Waals surface area (Å²) in [5, 5.41) is 1.93. The zero-order valence-corrected chi connectivity index (χ0v) is 16.9. The van der Waals surface area contributed by atoms with E-state index in [4.69, 9.17) is 9.15 Å². The molecule has 0 bridgehead atoms. The van der Waals surface area contributed by atoms with E-state index in [9.17, 15) is 9.59 Å². The third-order valence-electron chi connectivity index (χ3n) is 4.23. The van der Waals surface area contributed by atoms with Crippen molar-refractivity contribution in [3.63, 3.8) is 0 Å². The number of likely N-dealkylation sites (N-methyl/N-ethyl adjacent to an activating group) is 1. The van der Waals surface area contributed by atoms with Gasteiger partial charge < -0.3 is 14.1 Å². The van der Waals surface area contributed by atoms with Gasteiger partial charge in [-0.2, -0.15) is 0 Å². The Hall–Kier alpha value is -2.93. The molecule has 3 aromatic rings. The highest BCUT2D eigenvalue weighted by molar-refractivity contribution is 7.13. The Kier molecular flexibility index (Phi) is 6.26. The highest BCUT2D eigenvalue weighted by Crippen LogP contribution is 2.26. The van der Waals surface area contributed by atoms with Gasteiger partial charge in [0.15, 0.2) is 6.10 Å². The van der Waals surface area contributed by atoms with Crippen LogP contribution >= 0.6 is 11.3 Å². The quantitative estimate of drug-likeness (QED) is 0.566. The summed E-state index contributed by atoms with van der Waals surface area (Å²) in [5.41, 5.74) is 1.53. The van der Waals surface area contributed by atoms with Crippen molar-refractivity contribution in [2.24, 2.45) is 0 Å². The molecule has 0 radical (unpaired) electrons. The summed E-state index contributed by atoms with van der Waals surface area (Å²) < 4.78 is 11.0. The summed E-state index contributed by atoms with van der Waals surface area (Å²) >= 11 is 1.51. The third-order valence-corrected chi connectivity index (χ3v) is 5.09. The van der Waals surface area contributed by atoms with Crippen molar-refractivity contribution in [2.45, 2.75) is 32.9 Å². The van der Waals surface area contributed by atoms with Crippen molar-refractivity contribution in [3.8, 4) is 10.8 Å². The van der Waals surface area contributed by atoms with Gasteiger partial charge >= 0.3 is 5.97 Å². The predicted octanol–water partition coefficient (Wildman–Crippen LogP) is 3.84. The van der Waals surface area contributed by atoms with Crippen molar-refractivity contribution < 1.29 is 18.7 Å². The van der Waals surface area contributed by atoms with Gasteiger partial charge in [0.1, 0.15) is 5.76 Å². The molecule has 6 nitrogen and oxygen atoms in total. The van der Waals surface area contributed by atoms with Gasteiger partial charge in [-0.25, -0.2) is 4.98 Å². The summed E-state index contributed by atoms with van der Waals surface area (Å²) in [6, 6.07) is 13.5. The number of hydrogen-bond acceptors (Lipinski definition) is 6. The van der Waals surface area contributed by atoms with E-state index in [1.54, 1.807) is 25.8 Å². The molecule has 2 heterocycles. The van der Waals surface area contributed by atoms with Crippen LogP contribution in [-0.2, 0) is 27.3 Å². The van der Waals surface area contributed by atoms with Gasteiger partial charge in [0.05, 0.1) is 17.0 Å². The number of carbonyl (C=O) groups is 2. The van der Waals surface area contributed by atoms with Crippen LogP contribution in [0.1, 0.15) is 23.9 Å². The Labute approximate surface area is 167 Å². The van der Waals surface area contributed by atoms with Crippen molar-refractivity contribution in [1.82, 2.24) is 9.88 Å². The lowest BCUT2D eigenvalue weighted by Crippen LogP contribution is -2.37. The molecule has 1 atom stereocenters. The van der Waals surface area contributed by atoms with Gasteiger partial charge in [-0.1, -0.05) is 36.4 Å². The van der Waals surface area contributed by atoms with Crippen molar-refractivity contribution in [3.05, 3.63) is 64.9 Å². The Morgan fingerprint density at radius 1 is 1.21 bits per heavy atom. The summed E-state index contributed by atoms with van der Waals surface area (Å²) in [7, 11) is 1.69. The number of ether oxygens (including phenoxy) is 1. The van der Waals surface area contributed by atoms with Crippen molar-refractivity contribution >= 4 is 23.2 Å². The molecule has 7 heteroatoms. The van der Waals surface area contributed by atoms with E-state index in [1.165, 1.54) is 11.3 Å². The number of thiophene rings is 1. The number of oxazole rings is 1. The first-order valence-electron chi connectivity index (χ1n) is 8.92. The molecule has 0 saturated carbocycles. The number of benzene rings is 1. The first kappa shape index (κ1) is 19.8. The minimum absolute atomic E-state index is 0.0409. The Morgan fingerprint density at radius 2 is 1.96 bits per heavy atom. The van der Waals surface area contributed by atoms with Crippen LogP contribution in [0.2, 0.25) is 0 Å². The van der Waals surface area contributed by atoms with E-state index in [2.05, 4.69) is 4.98 Å². The summed E-state index contributed by atoms with van der Waals surface area (Å²) in [4.78, 5) is 31.6. The van der Waals surface area contributed by atoms with Crippen molar-refractivity contribution in [2.75, 3.05) is 7.05 Å². The Bertz CT molecular complexity index is 935. The monoisotopic (exact) mass is 398 g/mol. The number of esters is 1. The molecule has 28 heavy (non-hydrogen) atoms. The maximum Gasteiger partial charge on any atom is 0.312 e. The molecular formula is C21H22N2O4S. The highest BCUT2D eigenvalue weighted by Gasteiger charge is 2.23. The maximum absolute atomic E-state index is 12.5. The smallest absolute Gasteiger partial charge is 0.312 e. The number of aryl methyl sites for hydroxylation is 1. The minimum atomic E-state index is -0.870. The molecule has 1 unspecified atom stereocenters. The average molecular weight is 398 g/mol. The van der Waals surface area contributed by atoms with Crippen molar-refractivity contribution in [1.29, 1.82) is 0 Å². The first-order valence-corrected chi connectivity index (χ1v) is 9.80. The molecule has 2 aromatic heterocycles. The van der Waals surface area contributed by atoms with Crippen LogP contribution in [0.4, 0.5) is 0 Å². The van der Waals surface area contributed by atoms with E-state index in [1.807, 2.05) is 47.8 Å². The molecule has 3 rings (SSSR count). The van der Waals surface area contributed by atoms with Gasteiger partial charge in [-0.05, 0) is 30.9 Å². The summed E-state index contributed by atoms with van der Waals surface area (Å²) in [6.07, 6.45) is -0.911. The van der Waals surface area contributed by atoms with E-state index in [0.29, 0.717) is 23.9 Å². The van der Waals surface area contributed by atoms with Crippen LogP contribution in [0.25, 0.3) is 10.8 Å². The maximum atomic E-state index is 12.5. The fourth-order valence-electron chi connectivity index (χ4n) is 2.77. The standard InChI is InChI=1S/C21H22N2O4S/c1-14-17(22-20(27-14)18-10-7-11-28-18)12-19(24)26-15(2)21(25)23(3)13-16-8-5-4-6-9-16/h4-11,15H,12-13H2,1-3H3. The van der Waals surface area contributed by atoms with Gasteiger partial charge in [-0.15, -0.1) is 11.3 Å². The zero-order chi connectivity index (χ0) is 20.1. The van der Waals surface area contributed by atoms with Gasteiger partial charge in [-0.3, -0.25) is 9.59 Å². The summed E-state index contributed by atoms with van der Waals surface area (Å²) in [6.45, 7) is 3.79. The average Bonchev–Trinajstić information content (AvgIpc) is 3.32. The highest BCUT2D eigenvalue weighted by atomic mass is 32.1. The Morgan fingerprint density at radius 3 is 2.64 bits per heavy atom. The molecule has 0 aliphatic carbocycles. The first-order chi connectivity index (χ1) is 13.4. The molecule has 0 fully saturated rings. The lowest BCUT2D eigenvalue weighted by atomic mass is 10.2. The lowest BCUT2D eigenvalue weighted by molar-refractivity contribution is -0.158. The van der Waals surface area contributed by atoms with Gasteiger partial charge in [0.25, 0.3) is 5.91 Å². The number of nitrogens with zero attached hydrogens (tertiary/aromatic N) is 2.